The summed E-state index contributed by atoms with van der Waals surface area (Å²) in [5, 5.41) is 8.52. The Bertz CT molecular complexity index is 409. The first-order chi connectivity index (χ1) is 7.47. The van der Waals surface area contributed by atoms with Gasteiger partial charge in [0.15, 0.2) is 0 Å². The summed E-state index contributed by atoms with van der Waals surface area (Å²) in [6, 6.07) is 0. The van der Waals surface area contributed by atoms with Crippen molar-refractivity contribution in [1.29, 1.82) is 0 Å². The lowest BCUT2D eigenvalue weighted by Crippen LogP contribution is -2.07. The van der Waals surface area contributed by atoms with E-state index in [1.54, 1.807) is 0 Å². The van der Waals surface area contributed by atoms with Gasteiger partial charge in [-0.15, -0.1) is 0 Å². The van der Waals surface area contributed by atoms with Crippen molar-refractivity contribution in [2.75, 3.05) is 7.11 Å². The van der Waals surface area contributed by atoms with Crippen LogP contribution in [0.15, 0.2) is 6.20 Å². The largest absolute Gasteiger partial charge is 0.496 e. The van der Waals surface area contributed by atoms with Crippen molar-refractivity contribution >= 4 is 5.97 Å². The number of carboxylic acids is 1. The summed E-state index contributed by atoms with van der Waals surface area (Å²) in [5.41, 5.74) is -1.10. The van der Waals surface area contributed by atoms with E-state index in [0.29, 0.717) is 0 Å². The summed E-state index contributed by atoms with van der Waals surface area (Å²) in [5.74, 6) is -3.07. The number of methoxy groups -OCH3 is 1. The van der Waals surface area contributed by atoms with Crippen LogP contribution >= 0.6 is 0 Å². The molecular formula is C9H8F3NO3. The minimum atomic E-state index is -3.11. The Labute approximate surface area is 88.7 Å². The summed E-state index contributed by atoms with van der Waals surface area (Å²) in [7, 11) is 1.06. The Morgan fingerprint density at radius 2 is 2.25 bits per heavy atom. The zero-order valence-electron chi connectivity index (χ0n) is 8.21. The first kappa shape index (κ1) is 12.3. The Morgan fingerprint density at radius 3 is 2.69 bits per heavy atom. The van der Waals surface area contributed by atoms with Crippen LogP contribution in [0.4, 0.5) is 13.2 Å². The van der Waals surface area contributed by atoms with Gasteiger partial charge in [0, 0.05) is 11.8 Å². The highest BCUT2D eigenvalue weighted by molar-refractivity contribution is 5.71. The van der Waals surface area contributed by atoms with E-state index in [1.165, 1.54) is 0 Å². The van der Waals surface area contributed by atoms with Gasteiger partial charge in [-0.2, -0.15) is 4.39 Å². The number of nitrogens with zero attached hydrogens (tertiary/aromatic N) is 1. The number of hydrogen-bond donors (Lipinski definition) is 1. The van der Waals surface area contributed by atoms with Gasteiger partial charge in [-0.25, -0.2) is 13.8 Å². The quantitative estimate of drug-likeness (QED) is 0.808. The molecule has 0 unspecified atom stereocenters. The molecule has 0 saturated heterocycles. The molecule has 16 heavy (non-hydrogen) atoms. The van der Waals surface area contributed by atoms with Crippen LogP contribution in [0, 0.1) is 5.95 Å². The zero-order chi connectivity index (χ0) is 12.3. The highest BCUT2D eigenvalue weighted by atomic mass is 19.3. The van der Waals surface area contributed by atoms with Gasteiger partial charge in [-0.1, -0.05) is 0 Å². The second-order valence-corrected chi connectivity index (χ2v) is 2.89. The third kappa shape index (κ3) is 2.41. The fourth-order valence-corrected chi connectivity index (χ4v) is 1.25. The number of alkyl halides is 2. The fraction of sp³-hybridized carbons (Fsp3) is 0.333. The monoisotopic (exact) mass is 235 g/mol. The number of halogens is 3. The van der Waals surface area contributed by atoms with Gasteiger partial charge >= 0.3 is 5.97 Å². The van der Waals surface area contributed by atoms with E-state index in [0.717, 1.165) is 13.3 Å². The predicted octanol–water partition coefficient (Wildman–Crippen LogP) is 1.79. The summed E-state index contributed by atoms with van der Waals surface area (Å²) in [6.45, 7) is 0. The molecule has 1 heterocycles. The van der Waals surface area contributed by atoms with E-state index in [1.807, 2.05) is 0 Å². The van der Waals surface area contributed by atoms with Gasteiger partial charge in [0.2, 0.25) is 5.95 Å². The first-order valence-corrected chi connectivity index (χ1v) is 4.18. The van der Waals surface area contributed by atoms with Crippen LogP contribution in [0.1, 0.15) is 17.6 Å². The normalized spacial score (nSPS) is 10.6. The van der Waals surface area contributed by atoms with Crippen LogP contribution in [-0.2, 0) is 11.2 Å². The first-order valence-electron chi connectivity index (χ1n) is 4.18. The molecule has 7 heteroatoms. The Hall–Kier alpha value is -1.79. The molecule has 0 fully saturated rings. The van der Waals surface area contributed by atoms with Crippen molar-refractivity contribution < 1.29 is 27.8 Å². The van der Waals surface area contributed by atoms with Gasteiger partial charge in [0.05, 0.1) is 13.5 Å². The fourth-order valence-electron chi connectivity index (χ4n) is 1.25. The molecule has 1 aromatic rings. The van der Waals surface area contributed by atoms with E-state index in [4.69, 9.17) is 5.11 Å². The predicted molar refractivity (Wildman–Crippen MR) is 47.0 cm³/mol. The molecule has 1 N–H and O–H groups in total. The Balaban J connectivity index is 3.30. The smallest absolute Gasteiger partial charge is 0.308 e. The van der Waals surface area contributed by atoms with E-state index in [-0.39, 0.29) is 5.56 Å². The van der Waals surface area contributed by atoms with Crippen molar-refractivity contribution in [2.24, 2.45) is 0 Å². The van der Waals surface area contributed by atoms with Crippen LogP contribution in [0.25, 0.3) is 0 Å². The molecule has 0 aromatic carbocycles. The molecule has 1 aromatic heterocycles. The van der Waals surface area contributed by atoms with Crippen LogP contribution in [0.2, 0.25) is 0 Å². The number of rotatable bonds is 4. The lowest BCUT2D eigenvalue weighted by atomic mass is 10.1. The van der Waals surface area contributed by atoms with Crippen molar-refractivity contribution in [3.8, 4) is 5.75 Å². The third-order valence-electron chi connectivity index (χ3n) is 1.86. The molecule has 0 atom stereocenters. The van der Waals surface area contributed by atoms with Crippen molar-refractivity contribution in [3.63, 3.8) is 0 Å². The number of carboxylic acid groups (broad SMARTS) is 1. The second-order valence-electron chi connectivity index (χ2n) is 2.89. The standard InChI is InChI=1S/C9H8F3NO3/c1-16-7-4(2-5(14)15)3-13-9(12)6(7)8(10)11/h3,8H,2H2,1H3,(H,14,15). The molecule has 0 aliphatic carbocycles. The molecule has 0 aliphatic heterocycles. The summed E-state index contributed by atoms with van der Waals surface area (Å²) >= 11 is 0. The van der Waals surface area contributed by atoms with Crippen LogP contribution in [0.3, 0.4) is 0 Å². The summed E-state index contributed by atoms with van der Waals surface area (Å²) in [4.78, 5) is 13.5. The van der Waals surface area contributed by atoms with Gasteiger partial charge in [0.25, 0.3) is 6.43 Å². The third-order valence-corrected chi connectivity index (χ3v) is 1.86. The number of carbonyl (C=O) groups is 1. The average molecular weight is 235 g/mol. The Morgan fingerprint density at radius 1 is 1.62 bits per heavy atom. The van der Waals surface area contributed by atoms with Crippen LogP contribution < -0.4 is 4.74 Å². The minimum absolute atomic E-state index is 0.0910. The van der Waals surface area contributed by atoms with Crippen molar-refractivity contribution in [1.82, 2.24) is 4.98 Å². The number of ether oxygens (including phenoxy) is 1. The number of aliphatic carboxylic acids is 1. The van der Waals surface area contributed by atoms with E-state index in [2.05, 4.69) is 9.72 Å². The second kappa shape index (κ2) is 4.82. The highest BCUT2D eigenvalue weighted by Gasteiger charge is 2.24. The number of aromatic nitrogens is 1. The molecule has 0 radical (unpaired) electrons. The lowest BCUT2D eigenvalue weighted by Gasteiger charge is -2.11. The van der Waals surface area contributed by atoms with E-state index < -0.39 is 36.1 Å². The SMILES string of the molecule is COc1c(CC(=O)O)cnc(F)c1C(F)F. The Kier molecular flexibility index (Phi) is 3.70. The minimum Gasteiger partial charge on any atom is -0.496 e. The molecule has 0 bridgehead atoms. The van der Waals surface area contributed by atoms with Gasteiger partial charge in [-0.3, -0.25) is 4.79 Å². The molecule has 0 aliphatic rings. The van der Waals surface area contributed by atoms with Gasteiger partial charge in [0.1, 0.15) is 11.3 Å². The molecular weight excluding hydrogens is 227 g/mol. The molecule has 1 rings (SSSR count). The van der Waals surface area contributed by atoms with E-state index >= 15 is 0 Å². The van der Waals surface area contributed by atoms with Gasteiger partial charge in [-0.05, 0) is 0 Å². The number of hydrogen-bond acceptors (Lipinski definition) is 3. The lowest BCUT2D eigenvalue weighted by molar-refractivity contribution is -0.136. The average Bonchev–Trinajstić information content (AvgIpc) is 2.18. The molecule has 0 amide bonds. The zero-order valence-corrected chi connectivity index (χ0v) is 8.21. The molecule has 0 spiro atoms. The number of pyridine rings is 1. The van der Waals surface area contributed by atoms with Crippen LogP contribution in [-0.4, -0.2) is 23.2 Å². The summed E-state index contributed by atoms with van der Waals surface area (Å²) < 4.78 is 42.6. The summed E-state index contributed by atoms with van der Waals surface area (Å²) in [6.07, 6.45) is -2.80. The maximum Gasteiger partial charge on any atom is 0.308 e. The topological polar surface area (TPSA) is 59.4 Å². The molecule has 0 saturated carbocycles. The van der Waals surface area contributed by atoms with Crippen molar-refractivity contribution in [2.45, 2.75) is 12.8 Å². The maximum absolute atomic E-state index is 13.0. The van der Waals surface area contributed by atoms with Crippen LogP contribution in [0.5, 0.6) is 5.75 Å². The maximum atomic E-state index is 13.0. The highest BCUT2D eigenvalue weighted by Crippen LogP contribution is 2.33. The van der Waals surface area contributed by atoms with E-state index in [9.17, 15) is 18.0 Å². The molecule has 88 valence electrons. The van der Waals surface area contributed by atoms with Gasteiger partial charge < -0.3 is 9.84 Å². The van der Waals surface area contributed by atoms with Crippen molar-refractivity contribution in [3.05, 3.63) is 23.3 Å². The molecule has 4 nitrogen and oxygen atoms in total.